The monoisotopic (exact) mass is 503 g/mol. The second-order valence-corrected chi connectivity index (χ2v) is 11.0. The van der Waals surface area contributed by atoms with Crippen molar-refractivity contribution in [3.05, 3.63) is 71.8 Å². The lowest BCUT2D eigenvalue weighted by molar-refractivity contribution is -0.143. The van der Waals surface area contributed by atoms with Crippen LogP contribution in [-0.2, 0) is 22.6 Å². The summed E-state index contributed by atoms with van der Waals surface area (Å²) in [6.07, 6.45) is -2.38. The van der Waals surface area contributed by atoms with Crippen molar-refractivity contribution in [1.82, 2.24) is 14.5 Å². The molecule has 2 aliphatic heterocycles. The van der Waals surface area contributed by atoms with Gasteiger partial charge in [0, 0.05) is 37.4 Å². The van der Waals surface area contributed by atoms with Gasteiger partial charge in [0.05, 0.1) is 27.1 Å². The molecule has 1 aromatic carbocycles. The summed E-state index contributed by atoms with van der Waals surface area (Å²) >= 11 is 0. The minimum Gasteiger partial charge on any atom is -0.479 e. The van der Waals surface area contributed by atoms with E-state index < -0.39 is 28.3 Å². The fourth-order valence-electron chi connectivity index (χ4n) is 4.75. The van der Waals surface area contributed by atoms with E-state index in [0.717, 1.165) is 6.07 Å². The van der Waals surface area contributed by atoms with E-state index in [1.165, 1.54) is 16.8 Å². The number of hydrogen-bond acceptors (Lipinski definition) is 4. The quantitative estimate of drug-likeness (QED) is 0.509. The van der Waals surface area contributed by atoms with Crippen molar-refractivity contribution in [2.24, 2.45) is 0 Å². The summed E-state index contributed by atoms with van der Waals surface area (Å²) in [6, 6.07) is 12.5. The first-order chi connectivity index (χ1) is 16.6. The largest absolute Gasteiger partial charge is 0.479 e. The lowest BCUT2D eigenvalue weighted by atomic mass is 9.86. The molecule has 0 bridgehead atoms. The van der Waals surface area contributed by atoms with Gasteiger partial charge in [-0.05, 0) is 36.4 Å². The first-order valence-corrected chi connectivity index (χ1v) is 12.6. The number of para-hydroxylation sites is 2. The Labute approximate surface area is 203 Å². The summed E-state index contributed by atoms with van der Waals surface area (Å²) in [6.45, 7) is 4.29. The molecule has 4 heterocycles. The topological polar surface area (TPSA) is 64.4 Å². The summed E-state index contributed by atoms with van der Waals surface area (Å²) in [7, 11) is -1.20. The number of carbonyl (C=O) groups is 1. The summed E-state index contributed by atoms with van der Waals surface area (Å²) in [5.41, 5.74) is -0.686. The number of piperidine rings is 1. The van der Waals surface area contributed by atoms with Crippen LogP contribution in [0.5, 0.6) is 5.75 Å². The number of likely N-dealkylation sites (tertiary alicyclic amines) is 1. The lowest BCUT2D eigenvalue weighted by Gasteiger charge is -2.45. The molecule has 35 heavy (non-hydrogen) atoms. The highest BCUT2D eigenvalue weighted by Crippen LogP contribution is 2.48. The number of hydrogen-bond donors (Lipinski definition) is 0. The molecule has 2 aliphatic rings. The molecule has 10 heteroatoms. The Bertz CT molecular complexity index is 1290. The van der Waals surface area contributed by atoms with Crippen LogP contribution in [0, 0.1) is 0 Å². The van der Waals surface area contributed by atoms with Crippen LogP contribution in [0.25, 0.3) is 5.69 Å². The van der Waals surface area contributed by atoms with Crippen molar-refractivity contribution in [3.8, 4) is 11.4 Å². The van der Waals surface area contributed by atoms with E-state index >= 15 is 0 Å². The number of alkyl halides is 3. The zero-order valence-corrected chi connectivity index (χ0v) is 20.0. The van der Waals surface area contributed by atoms with E-state index in [1.807, 2.05) is 13.8 Å². The van der Waals surface area contributed by atoms with Gasteiger partial charge in [0.25, 0.3) is 5.91 Å². The highest BCUT2D eigenvalue weighted by molar-refractivity contribution is 7.85. The molecule has 5 rings (SSSR count). The third kappa shape index (κ3) is 4.03. The average Bonchev–Trinajstić information content (AvgIpc) is 3.31. The van der Waals surface area contributed by atoms with Crippen LogP contribution in [0.15, 0.2) is 59.6 Å². The van der Waals surface area contributed by atoms with Gasteiger partial charge in [-0.15, -0.1) is 0 Å². The number of carbonyl (C=O) groups excluding carboxylic acids is 1. The maximum absolute atomic E-state index is 13.8. The van der Waals surface area contributed by atoms with E-state index in [9.17, 15) is 22.2 Å². The Balaban J connectivity index is 1.40. The van der Waals surface area contributed by atoms with Crippen molar-refractivity contribution in [3.63, 3.8) is 0 Å². The molecule has 2 aromatic heterocycles. The Morgan fingerprint density at radius 1 is 1.09 bits per heavy atom. The lowest BCUT2D eigenvalue weighted by Crippen LogP contribution is -2.50. The van der Waals surface area contributed by atoms with Crippen LogP contribution < -0.4 is 4.74 Å². The second kappa shape index (κ2) is 8.51. The molecule has 1 atom stereocenters. The number of nitrogens with zero attached hydrogens (tertiary/aromatic N) is 3. The number of fused-ring (bicyclic) bond motifs is 4. The third-order valence-corrected chi connectivity index (χ3v) is 8.09. The van der Waals surface area contributed by atoms with Gasteiger partial charge in [-0.1, -0.05) is 26.0 Å². The number of ether oxygens (including phenoxy) is 1. The minimum atomic E-state index is -4.52. The fraction of sp³-hybridized carbons (Fsp3) is 0.360. The van der Waals surface area contributed by atoms with Crippen LogP contribution >= 0.6 is 0 Å². The molecule has 0 aliphatic carbocycles. The molecule has 1 saturated heterocycles. The minimum absolute atomic E-state index is 0.0610. The number of halogens is 3. The maximum Gasteiger partial charge on any atom is 0.431 e. The van der Waals surface area contributed by atoms with Crippen LogP contribution in [0.1, 0.15) is 48.6 Å². The maximum atomic E-state index is 13.8. The van der Waals surface area contributed by atoms with E-state index in [-0.39, 0.29) is 16.9 Å². The summed E-state index contributed by atoms with van der Waals surface area (Å²) in [5.74, 6) is 0.112. The SMILES string of the molecule is CC(C)S(=O)c1ccc(C(=O)N2CCC3(CC2)Oc2ccccc2-n2c(C(F)(F)F)ccc23)nc1. The smallest absolute Gasteiger partial charge is 0.431 e. The van der Waals surface area contributed by atoms with E-state index in [2.05, 4.69) is 4.98 Å². The highest BCUT2D eigenvalue weighted by atomic mass is 32.2. The first kappa shape index (κ1) is 23.6. The fourth-order valence-corrected chi connectivity index (χ4v) is 5.66. The summed E-state index contributed by atoms with van der Waals surface area (Å²) in [5, 5.41) is -0.0610. The second-order valence-electron chi connectivity index (χ2n) is 9.02. The number of rotatable bonds is 3. The van der Waals surface area contributed by atoms with E-state index in [1.54, 1.807) is 41.3 Å². The predicted molar refractivity (Wildman–Crippen MR) is 124 cm³/mol. The Morgan fingerprint density at radius 2 is 1.80 bits per heavy atom. The van der Waals surface area contributed by atoms with Gasteiger partial charge < -0.3 is 14.2 Å². The molecule has 184 valence electrons. The molecular weight excluding hydrogens is 479 g/mol. The molecule has 0 N–H and O–H groups in total. The third-order valence-electron chi connectivity index (χ3n) is 6.52. The molecular formula is C25H24F3N3O3S. The van der Waals surface area contributed by atoms with Crippen molar-refractivity contribution in [1.29, 1.82) is 0 Å². The molecule has 1 spiro atoms. The Hall–Kier alpha value is -3.14. The van der Waals surface area contributed by atoms with Crippen LogP contribution in [-0.4, -0.2) is 42.9 Å². The number of benzene rings is 1. The zero-order chi connectivity index (χ0) is 25.0. The van der Waals surface area contributed by atoms with E-state index in [4.69, 9.17) is 4.74 Å². The van der Waals surface area contributed by atoms with E-state index in [0.29, 0.717) is 48.0 Å². The highest BCUT2D eigenvalue weighted by Gasteiger charge is 2.48. The summed E-state index contributed by atoms with van der Waals surface area (Å²) < 4.78 is 61.2. The van der Waals surface area contributed by atoms with Gasteiger partial charge in [-0.2, -0.15) is 13.2 Å². The van der Waals surface area contributed by atoms with Crippen molar-refractivity contribution < 1.29 is 26.9 Å². The zero-order valence-electron chi connectivity index (χ0n) is 19.2. The number of amides is 1. The standard InChI is InChI=1S/C25H24F3N3O3S/c1-16(2)35(33)17-7-8-18(29-15-17)23(32)30-13-11-24(12-14-30)21-9-10-22(25(26,27)28)31(21)19-5-3-4-6-20(19)34-24/h3-10,15-16H,11-14H2,1-2H3. The molecule has 1 fully saturated rings. The van der Waals surface area contributed by atoms with Gasteiger partial charge in [-0.25, -0.2) is 4.98 Å². The molecule has 1 amide bonds. The normalized spacial score (nSPS) is 17.6. The van der Waals surface area contributed by atoms with Gasteiger partial charge in [-0.3, -0.25) is 9.00 Å². The molecule has 3 aromatic rings. The van der Waals surface area contributed by atoms with Gasteiger partial charge in [0.2, 0.25) is 0 Å². The Kier molecular flexibility index (Phi) is 5.74. The number of pyridine rings is 1. The van der Waals surface area contributed by atoms with Crippen molar-refractivity contribution >= 4 is 16.7 Å². The predicted octanol–water partition coefficient (Wildman–Crippen LogP) is 4.93. The average molecular weight is 504 g/mol. The summed E-state index contributed by atoms with van der Waals surface area (Å²) in [4.78, 5) is 19.5. The van der Waals surface area contributed by atoms with Crippen LogP contribution in [0.2, 0.25) is 0 Å². The van der Waals surface area contributed by atoms with Gasteiger partial charge >= 0.3 is 6.18 Å². The molecule has 1 unspecified atom stereocenters. The van der Waals surface area contributed by atoms with Gasteiger partial charge in [0.1, 0.15) is 17.1 Å². The molecule has 6 nitrogen and oxygen atoms in total. The van der Waals surface area contributed by atoms with Gasteiger partial charge in [0.15, 0.2) is 5.60 Å². The van der Waals surface area contributed by atoms with Crippen molar-refractivity contribution in [2.45, 2.75) is 48.6 Å². The van der Waals surface area contributed by atoms with Crippen LogP contribution in [0.3, 0.4) is 0 Å². The number of aromatic nitrogens is 2. The van der Waals surface area contributed by atoms with Crippen LogP contribution in [0.4, 0.5) is 13.2 Å². The molecule has 0 radical (unpaired) electrons. The molecule has 0 saturated carbocycles. The Morgan fingerprint density at radius 3 is 2.43 bits per heavy atom. The first-order valence-electron chi connectivity index (χ1n) is 11.3. The van der Waals surface area contributed by atoms with Crippen molar-refractivity contribution in [2.75, 3.05) is 13.1 Å².